The van der Waals surface area contributed by atoms with Gasteiger partial charge in [0.1, 0.15) is 5.75 Å². The van der Waals surface area contributed by atoms with Crippen molar-refractivity contribution in [3.63, 3.8) is 0 Å². The number of hydrogen-bond donors (Lipinski definition) is 3. The minimum Gasteiger partial charge on any atom is -0.494 e. The Morgan fingerprint density at radius 1 is 1.09 bits per heavy atom. The van der Waals surface area contributed by atoms with E-state index in [1.54, 1.807) is 25.3 Å². The number of halogens is 2. The molecule has 2 aromatic carbocycles. The molecule has 1 saturated heterocycles. The van der Waals surface area contributed by atoms with Crippen LogP contribution in [0.2, 0.25) is 10.0 Å². The van der Waals surface area contributed by atoms with Crippen LogP contribution in [0.4, 0.5) is 17.1 Å². The molecule has 0 spiro atoms. The monoisotopic (exact) mass is 510 g/mol. The summed E-state index contributed by atoms with van der Waals surface area (Å²) < 4.78 is 5.70. The number of aromatic amines is 1. The largest absolute Gasteiger partial charge is 0.494 e. The van der Waals surface area contributed by atoms with E-state index in [1.165, 1.54) is 6.20 Å². The summed E-state index contributed by atoms with van der Waals surface area (Å²) in [5.41, 5.74) is 4.00. The van der Waals surface area contributed by atoms with Crippen molar-refractivity contribution in [3.05, 3.63) is 80.3 Å². The Balaban J connectivity index is 1.55. The zero-order chi connectivity index (χ0) is 24.4. The van der Waals surface area contributed by atoms with Crippen LogP contribution in [0.1, 0.15) is 11.3 Å². The van der Waals surface area contributed by atoms with Crippen molar-refractivity contribution in [1.29, 1.82) is 0 Å². The van der Waals surface area contributed by atoms with Crippen LogP contribution in [0.25, 0.3) is 10.9 Å². The Bertz CT molecular complexity index is 1420. The number of pyridine rings is 1. The van der Waals surface area contributed by atoms with E-state index in [2.05, 4.69) is 36.8 Å². The van der Waals surface area contributed by atoms with Gasteiger partial charge in [0.15, 0.2) is 0 Å². The number of H-pyrrole nitrogens is 1. The highest BCUT2D eigenvalue weighted by Crippen LogP contribution is 2.34. The molecule has 2 aromatic heterocycles. The highest BCUT2D eigenvalue weighted by molar-refractivity contribution is 6.36. The molecule has 0 amide bonds. The number of methoxy groups -OCH3 is 1. The lowest BCUT2D eigenvalue weighted by molar-refractivity contribution is 0.416. The topological polar surface area (TPSA) is 95.2 Å². The van der Waals surface area contributed by atoms with Gasteiger partial charge in [-0.05, 0) is 35.9 Å². The molecule has 0 aliphatic carbocycles. The molecule has 3 heterocycles. The van der Waals surface area contributed by atoms with Gasteiger partial charge in [0.25, 0.3) is 5.56 Å². The zero-order valence-corrected chi connectivity index (χ0v) is 20.6. The van der Waals surface area contributed by atoms with Gasteiger partial charge in [0.05, 0.1) is 35.6 Å². The average molecular weight is 511 g/mol. The highest BCUT2D eigenvalue weighted by Gasteiger charge is 2.17. The summed E-state index contributed by atoms with van der Waals surface area (Å²) in [6.45, 7) is 3.75. The summed E-state index contributed by atoms with van der Waals surface area (Å²) in [7, 11) is 1.63. The number of anilines is 3. The Morgan fingerprint density at radius 3 is 2.60 bits per heavy atom. The molecule has 0 bridgehead atoms. The summed E-state index contributed by atoms with van der Waals surface area (Å²) in [5, 5.41) is 14.7. The normalized spacial score (nSPS) is 13.7. The Labute approximate surface area is 212 Å². The molecule has 0 saturated carbocycles. The SMILES string of the molecule is COc1cc(N2CCNCC2)ccc1Nc1cc(Cc2c(Cl)cccc2Cl)nc2cn[nH]c(=O)c12. The summed E-state index contributed by atoms with van der Waals surface area (Å²) in [6.07, 6.45) is 1.93. The fourth-order valence-electron chi connectivity index (χ4n) is 4.28. The third-order valence-corrected chi connectivity index (χ3v) is 6.74. The van der Waals surface area contributed by atoms with E-state index in [0.717, 1.165) is 43.1 Å². The van der Waals surface area contributed by atoms with E-state index in [-0.39, 0.29) is 5.56 Å². The van der Waals surface area contributed by atoms with Crippen molar-refractivity contribution in [1.82, 2.24) is 20.5 Å². The maximum atomic E-state index is 12.7. The van der Waals surface area contributed by atoms with Crippen LogP contribution in [0.5, 0.6) is 5.75 Å². The lowest BCUT2D eigenvalue weighted by atomic mass is 10.1. The molecule has 10 heteroatoms. The van der Waals surface area contributed by atoms with Crippen LogP contribution in [0.15, 0.2) is 53.5 Å². The average Bonchev–Trinajstić information content (AvgIpc) is 2.87. The molecule has 1 aliphatic rings. The Hall–Kier alpha value is -3.33. The first kappa shape index (κ1) is 23.4. The molecule has 1 aliphatic heterocycles. The van der Waals surface area contributed by atoms with Crippen LogP contribution < -0.4 is 25.8 Å². The van der Waals surface area contributed by atoms with Crippen LogP contribution in [0.3, 0.4) is 0 Å². The van der Waals surface area contributed by atoms with Gasteiger partial charge in [-0.25, -0.2) is 5.10 Å². The number of fused-ring (bicyclic) bond motifs is 1. The van der Waals surface area contributed by atoms with E-state index in [1.807, 2.05) is 18.2 Å². The zero-order valence-electron chi connectivity index (χ0n) is 19.1. The number of hydrogen-bond acceptors (Lipinski definition) is 7. The molecule has 35 heavy (non-hydrogen) atoms. The summed E-state index contributed by atoms with van der Waals surface area (Å²) in [5.74, 6) is 0.673. The molecule has 0 radical (unpaired) electrons. The van der Waals surface area contributed by atoms with Crippen LogP contribution in [-0.4, -0.2) is 48.5 Å². The van der Waals surface area contributed by atoms with Crippen LogP contribution in [0, 0.1) is 0 Å². The smallest absolute Gasteiger partial charge is 0.275 e. The number of aromatic nitrogens is 3. The molecule has 4 aromatic rings. The fraction of sp³-hybridized carbons (Fsp3) is 0.240. The van der Waals surface area contributed by atoms with Gasteiger partial charge in [-0.3, -0.25) is 9.78 Å². The first-order valence-electron chi connectivity index (χ1n) is 11.2. The first-order valence-corrected chi connectivity index (χ1v) is 12.0. The van der Waals surface area contributed by atoms with Gasteiger partial charge in [-0.1, -0.05) is 29.3 Å². The molecule has 0 atom stereocenters. The molecule has 0 unspecified atom stereocenters. The number of benzene rings is 2. The van der Waals surface area contributed by atoms with Gasteiger partial charge in [0, 0.05) is 60.1 Å². The van der Waals surface area contributed by atoms with E-state index in [4.69, 9.17) is 27.9 Å². The second-order valence-electron chi connectivity index (χ2n) is 8.24. The Morgan fingerprint density at radius 2 is 1.86 bits per heavy atom. The molecule has 180 valence electrons. The molecule has 5 rings (SSSR count). The van der Waals surface area contributed by atoms with Crippen molar-refractivity contribution in [2.75, 3.05) is 43.5 Å². The van der Waals surface area contributed by atoms with Crippen molar-refractivity contribution >= 4 is 51.2 Å². The van der Waals surface area contributed by atoms with Crippen molar-refractivity contribution in [2.45, 2.75) is 6.42 Å². The standard InChI is InChI=1S/C25H24Cl2N6O2/c1-35-23-13-16(33-9-7-28-8-10-33)5-6-20(23)31-21-12-15(11-17-18(26)3-2-4-19(17)27)30-22-14-29-32-25(34)24(21)22/h2-6,12-14,28H,7-11H2,1H3,(H,30,31)(H,32,34). The molecular formula is C25H24Cl2N6O2. The Kier molecular flexibility index (Phi) is 6.77. The van der Waals surface area contributed by atoms with Gasteiger partial charge in [-0.15, -0.1) is 0 Å². The van der Waals surface area contributed by atoms with E-state index in [9.17, 15) is 4.79 Å². The highest BCUT2D eigenvalue weighted by atomic mass is 35.5. The summed E-state index contributed by atoms with van der Waals surface area (Å²) in [4.78, 5) is 19.7. The maximum absolute atomic E-state index is 12.7. The second kappa shape index (κ2) is 10.1. The van der Waals surface area contributed by atoms with E-state index in [0.29, 0.717) is 44.5 Å². The third-order valence-electron chi connectivity index (χ3n) is 6.04. The summed E-state index contributed by atoms with van der Waals surface area (Å²) in [6, 6.07) is 13.2. The number of piperazine rings is 1. The van der Waals surface area contributed by atoms with Crippen molar-refractivity contribution in [2.24, 2.45) is 0 Å². The van der Waals surface area contributed by atoms with Crippen LogP contribution >= 0.6 is 23.2 Å². The minimum absolute atomic E-state index is 0.337. The second-order valence-corrected chi connectivity index (χ2v) is 9.06. The lowest BCUT2D eigenvalue weighted by Crippen LogP contribution is -2.43. The van der Waals surface area contributed by atoms with Gasteiger partial charge in [0.2, 0.25) is 0 Å². The quantitative estimate of drug-likeness (QED) is 0.354. The van der Waals surface area contributed by atoms with Gasteiger partial charge >= 0.3 is 0 Å². The molecule has 3 N–H and O–H groups in total. The van der Waals surface area contributed by atoms with Gasteiger partial charge < -0.3 is 20.3 Å². The number of nitrogens with zero attached hydrogens (tertiary/aromatic N) is 3. The van der Waals surface area contributed by atoms with Crippen molar-refractivity contribution < 1.29 is 4.74 Å². The molecular weight excluding hydrogens is 487 g/mol. The van der Waals surface area contributed by atoms with Gasteiger partial charge in [-0.2, -0.15) is 5.10 Å². The molecule has 8 nitrogen and oxygen atoms in total. The molecule has 1 fully saturated rings. The third kappa shape index (κ3) is 4.91. The van der Waals surface area contributed by atoms with Crippen molar-refractivity contribution in [3.8, 4) is 5.75 Å². The lowest BCUT2D eigenvalue weighted by Gasteiger charge is -2.30. The minimum atomic E-state index is -0.337. The number of rotatable bonds is 6. The maximum Gasteiger partial charge on any atom is 0.275 e. The summed E-state index contributed by atoms with van der Waals surface area (Å²) >= 11 is 12.8. The predicted octanol–water partition coefficient (Wildman–Crippen LogP) is 4.38. The van der Waals surface area contributed by atoms with E-state index < -0.39 is 0 Å². The number of ether oxygens (including phenoxy) is 1. The van der Waals surface area contributed by atoms with Crippen LogP contribution in [-0.2, 0) is 6.42 Å². The predicted molar refractivity (Wildman–Crippen MR) is 141 cm³/mol. The van der Waals surface area contributed by atoms with E-state index >= 15 is 0 Å². The fourth-order valence-corrected chi connectivity index (χ4v) is 4.81. The first-order chi connectivity index (χ1) is 17.0. The number of nitrogens with one attached hydrogen (secondary N) is 3.